The normalized spacial score (nSPS) is 10.2. The molecule has 2 rings (SSSR count). The van der Waals surface area contributed by atoms with Crippen molar-refractivity contribution in [2.24, 2.45) is 0 Å². The third-order valence-corrected chi connectivity index (χ3v) is 3.26. The molecule has 0 saturated heterocycles. The summed E-state index contributed by atoms with van der Waals surface area (Å²) in [5.74, 6) is -0.0330. The molecule has 4 heteroatoms. The van der Waals surface area contributed by atoms with Gasteiger partial charge in [0.1, 0.15) is 12.4 Å². The van der Waals surface area contributed by atoms with Crippen molar-refractivity contribution in [2.75, 3.05) is 0 Å². The van der Waals surface area contributed by atoms with Crippen molar-refractivity contribution in [3.8, 4) is 5.75 Å². The lowest BCUT2D eigenvalue weighted by atomic mass is 10.1. The van der Waals surface area contributed by atoms with Gasteiger partial charge in [-0.05, 0) is 39.2 Å². The molecule has 0 bridgehead atoms. The lowest BCUT2D eigenvalue weighted by molar-refractivity contribution is -0.136. The Balaban J connectivity index is 1.97. The van der Waals surface area contributed by atoms with E-state index in [-0.39, 0.29) is 6.42 Å². The van der Waals surface area contributed by atoms with Crippen LogP contribution in [0.25, 0.3) is 0 Å². The minimum absolute atomic E-state index is 0.0470. The van der Waals surface area contributed by atoms with E-state index in [0.717, 1.165) is 21.3 Å². The monoisotopic (exact) mass is 320 g/mol. The second-order valence-corrected chi connectivity index (χ2v) is 4.96. The Morgan fingerprint density at radius 2 is 1.68 bits per heavy atom. The molecule has 0 heterocycles. The zero-order chi connectivity index (χ0) is 13.7. The Hall–Kier alpha value is -1.81. The van der Waals surface area contributed by atoms with Crippen LogP contribution in [0.5, 0.6) is 5.75 Å². The largest absolute Gasteiger partial charge is 0.488 e. The van der Waals surface area contributed by atoms with Crippen LogP contribution in [0.4, 0.5) is 0 Å². The van der Waals surface area contributed by atoms with Gasteiger partial charge in [0.2, 0.25) is 0 Å². The highest BCUT2D eigenvalue weighted by molar-refractivity contribution is 9.10. The van der Waals surface area contributed by atoms with Crippen LogP contribution in [0.15, 0.2) is 53.0 Å². The smallest absolute Gasteiger partial charge is 0.307 e. The predicted octanol–water partition coefficient (Wildman–Crippen LogP) is 3.66. The first-order valence-corrected chi connectivity index (χ1v) is 6.61. The summed E-state index contributed by atoms with van der Waals surface area (Å²) in [5.41, 5.74) is 1.79. The Morgan fingerprint density at radius 3 is 2.32 bits per heavy atom. The van der Waals surface area contributed by atoms with Crippen LogP contribution >= 0.6 is 15.9 Å². The second-order valence-electron chi connectivity index (χ2n) is 4.11. The molecule has 0 unspecified atom stereocenters. The van der Waals surface area contributed by atoms with E-state index in [1.165, 1.54) is 0 Å². The molecule has 0 amide bonds. The van der Waals surface area contributed by atoms with E-state index in [1.807, 2.05) is 48.5 Å². The summed E-state index contributed by atoms with van der Waals surface area (Å²) >= 11 is 3.42. The molecule has 2 aromatic carbocycles. The molecule has 0 aromatic heterocycles. The number of hydrogen-bond donors (Lipinski definition) is 1. The molecule has 0 aliphatic carbocycles. The number of rotatable bonds is 5. The number of ether oxygens (including phenoxy) is 1. The van der Waals surface area contributed by atoms with E-state index in [1.54, 1.807) is 0 Å². The fourth-order valence-electron chi connectivity index (χ4n) is 1.65. The summed E-state index contributed by atoms with van der Waals surface area (Å²) in [6, 6.07) is 15.0. The van der Waals surface area contributed by atoms with Gasteiger partial charge < -0.3 is 9.84 Å². The minimum Gasteiger partial charge on any atom is -0.488 e. The van der Waals surface area contributed by atoms with Crippen molar-refractivity contribution in [1.29, 1.82) is 0 Å². The summed E-state index contributed by atoms with van der Waals surface area (Å²) in [7, 11) is 0. The first-order valence-electron chi connectivity index (χ1n) is 5.82. The van der Waals surface area contributed by atoms with Gasteiger partial charge in [0.15, 0.2) is 0 Å². The Labute approximate surface area is 120 Å². The average molecular weight is 321 g/mol. The van der Waals surface area contributed by atoms with Crippen LogP contribution in [-0.2, 0) is 17.8 Å². The number of halogens is 1. The van der Waals surface area contributed by atoms with Crippen LogP contribution < -0.4 is 4.74 Å². The molecule has 1 N–H and O–H groups in total. The standard InChI is InChI=1S/C15H13BrO3/c16-13-3-1-2-4-14(13)19-10-12-7-5-11(6-8-12)9-15(17)18/h1-8H,9-10H2,(H,17,18). The SMILES string of the molecule is O=C(O)Cc1ccc(COc2ccccc2Br)cc1. The van der Waals surface area contributed by atoms with Gasteiger partial charge in [-0.1, -0.05) is 36.4 Å². The molecule has 0 aliphatic heterocycles. The van der Waals surface area contributed by atoms with Crippen LogP contribution in [0.2, 0.25) is 0 Å². The average Bonchev–Trinajstić information content (AvgIpc) is 2.39. The topological polar surface area (TPSA) is 46.5 Å². The molecule has 0 fully saturated rings. The van der Waals surface area contributed by atoms with Gasteiger partial charge in [-0.15, -0.1) is 0 Å². The van der Waals surface area contributed by atoms with E-state index in [2.05, 4.69) is 15.9 Å². The van der Waals surface area contributed by atoms with Gasteiger partial charge in [-0.3, -0.25) is 4.79 Å². The van der Waals surface area contributed by atoms with Crippen LogP contribution in [0, 0.1) is 0 Å². The summed E-state index contributed by atoms with van der Waals surface area (Å²) in [4.78, 5) is 10.6. The van der Waals surface area contributed by atoms with Crippen LogP contribution in [-0.4, -0.2) is 11.1 Å². The van der Waals surface area contributed by atoms with Crippen molar-refractivity contribution in [1.82, 2.24) is 0 Å². The number of para-hydroxylation sites is 1. The van der Waals surface area contributed by atoms with Crippen molar-refractivity contribution < 1.29 is 14.6 Å². The van der Waals surface area contributed by atoms with Gasteiger partial charge in [0.25, 0.3) is 0 Å². The van der Waals surface area contributed by atoms with E-state index in [0.29, 0.717) is 6.61 Å². The number of carboxylic acid groups (broad SMARTS) is 1. The molecule has 0 aliphatic rings. The van der Waals surface area contributed by atoms with Gasteiger partial charge >= 0.3 is 5.97 Å². The quantitative estimate of drug-likeness (QED) is 0.914. The zero-order valence-electron chi connectivity index (χ0n) is 10.2. The molecule has 2 aromatic rings. The highest BCUT2D eigenvalue weighted by Crippen LogP contribution is 2.24. The molecular formula is C15H13BrO3. The van der Waals surface area contributed by atoms with Crippen molar-refractivity contribution in [3.63, 3.8) is 0 Å². The van der Waals surface area contributed by atoms with Gasteiger partial charge in [-0.2, -0.15) is 0 Å². The molecular weight excluding hydrogens is 308 g/mol. The fraction of sp³-hybridized carbons (Fsp3) is 0.133. The van der Waals surface area contributed by atoms with Gasteiger partial charge in [-0.25, -0.2) is 0 Å². The summed E-state index contributed by atoms with van der Waals surface area (Å²) in [5, 5.41) is 8.69. The van der Waals surface area contributed by atoms with E-state index < -0.39 is 5.97 Å². The maximum absolute atomic E-state index is 10.6. The van der Waals surface area contributed by atoms with Crippen molar-refractivity contribution in [2.45, 2.75) is 13.0 Å². The first-order chi connectivity index (χ1) is 9.15. The third-order valence-electron chi connectivity index (χ3n) is 2.61. The third kappa shape index (κ3) is 4.10. The number of hydrogen-bond acceptors (Lipinski definition) is 2. The highest BCUT2D eigenvalue weighted by atomic mass is 79.9. The fourth-order valence-corrected chi connectivity index (χ4v) is 2.05. The number of benzene rings is 2. The number of carboxylic acids is 1. The molecule has 0 saturated carbocycles. The zero-order valence-corrected chi connectivity index (χ0v) is 11.8. The predicted molar refractivity (Wildman–Crippen MR) is 76.3 cm³/mol. The lowest BCUT2D eigenvalue weighted by Gasteiger charge is -2.08. The molecule has 98 valence electrons. The summed E-state index contributed by atoms with van der Waals surface area (Å²) in [6.45, 7) is 0.454. The maximum atomic E-state index is 10.6. The number of carbonyl (C=O) groups is 1. The highest BCUT2D eigenvalue weighted by Gasteiger charge is 2.02. The number of aliphatic carboxylic acids is 1. The van der Waals surface area contributed by atoms with Gasteiger partial charge in [0, 0.05) is 0 Å². The van der Waals surface area contributed by atoms with Crippen molar-refractivity contribution in [3.05, 3.63) is 64.1 Å². The van der Waals surface area contributed by atoms with Crippen molar-refractivity contribution >= 4 is 21.9 Å². The van der Waals surface area contributed by atoms with Gasteiger partial charge in [0.05, 0.1) is 10.9 Å². The molecule has 0 atom stereocenters. The Morgan fingerprint density at radius 1 is 1.05 bits per heavy atom. The summed E-state index contributed by atoms with van der Waals surface area (Å²) in [6.07, 6.45) is 0.0470. The van der Waals surface area contributed by atoms with E-state index in [9.17, 15) is 4.79 Å². The van der Waals surface area contributed by atoms with E-state index >= 15 is 0 Å². The molecule has 19 heavy (non-hydrogen) atoms. The molecule has 3 nitrogen and oxygen atoms in total. The van der Waals surface area contributed by atoms with E-state index in [4.69, 9.17) is 9.84 Å². The Bertz CT molecular complexity index is 564. The van der Waals surface area contributed by atoms with Crippen LogP contribution in [0.3, 0.4) is 0 Å². The second kappa shape index (κ2) is 6.38. The minimum atomic E-state index is -0.822. The first kappa shape index (κ1) is 13.6. The summed E-state index contributed by atoms with van der Waals surface area (Å²) < 4.78 is 6.59. The maximum Gasteiger partial charge on any atom is 0.307 e. The molecule has 0 spiro atoms. The Kier molecular flexibility index (Phi) is 4.58. The lowest BCUT2D eigenvalue weighted by Crippen LogP contribution is -2.01. The molecule has 0 radical (unpaired) electrons. The van der Waals surface area contributed by atoms with Crippen LogP contribution in [0.1, 0.15) is 11.1 Å².